The van der Waals surface area contributed by atoms with Crippen molar-refractivity contribution < 1.29 is 19.1 Å². The Labute approximate surface area is 142 Å². The lowest BCUT2D eigenvalue weighted by molar-refractivity contribution is -0.135. The molecular formula is C17H27N3O4. The van der Waals surface area contributed by atoms with Crippen LogP contribution in [0.15, 0.2) is 16.3 Å². The molecule has 0 aromatic carbocycles. The molecule has 1 saturated carbocycles. The molecule has 1 heterocycles. The van der Waals surface area contributed by atoms with Crippen molar-refractivity contribution in [2.24, 2.45) is 10.7 Å². The Morgan fingerprint density at radius 1 is 1.33 bits per heavy atom. The SMILES string of the molecule is CCOC(=O)C(=NC1CC1)C1=C(N)CCN(C(=O)OC(C)(C)C)C1. The van der Waals surface area contributed by atoms with E-state index in [4.69, 9.17) is 15.2 Å². The number of ether oxygens (including phenoxy) is 2. The van der Waals surface area contributed by atoms with E-state index in [1.165, 1.54) is 0 Å². The van der Waals surface area contributed by atoms with Gasteiger partial charge < -0.3 is 20.1 Å². The van der Waals surface area contributed by atoms with Crippen molar-refractivity contribution in [3.63, 3.8) is 0 Å². The van der Waals surface area contributed by atoms with E-state index in [0.29, 0.717) is 24.2 Å². The third-order valence-corrected chi connectivity index (χ3v) is 3.65. The molecule has 134 valence electrons. The van der Waals surface area contributed by atoms with Crippen LogP contribution in [0.1, 0.15) is 47.0 Å². The van der Waals surface area contributed by atoms with Gasteiger partial charge in [0.25, 0.3) is 0 Å². The van der Waals surface area contributed by atoms with Crippen molar-refractivity contribution in [1.29, 1.82) is 0 Å². The number of hydrogen-bond acceptors (Lipinski definition) is 6. The predicted octanol–water partition coefficient (Wildman–Crippen LogP) is 2.01. The predicted molar refractivity (Wildman–Crippen MR) is 90.7 cm³/mol. The van der Waals surface area contributed by atoms with Gasteiger partial charge in [0.2, 0.25) is 0 Å². The van der Waals surface area contributed by atoms with Gasteiger partial charge in [-0.25, -0.2) is 9.59 Å². The number of hydrogen-bond donors (Lipinski definition) is 1. The molecule has 0 radical (unpaired) electrons. The molecule has 0 unspecified atom stereocenters. The second kappa shape index (κ2) is 7.23. The molecule has 0 bridgehead atoms. The average Bonchev–Trinajstić information content (AvgIpc) is 3.28. The van der Waals surface area contributed by atoms with Crippen molar-refractivity contribution in [2.45, 2.75) is 58.6 Å². The van der Waals surface area contributed by atoms with Crippen LogP contribution in [0, 0.1) is 0 Å². The lowest BCUT2D eigenvalue weighted by Gasteiger charge is -2.31. The van der Waals surface area contributed by atoms with Gasteiger partial charge in [0.05, 0.1) is 19.2 Å². The van der Waals surface area contributed by atoms with E-state index in [1.807, 2.05) is 20.8 Å². The summed E-state index contributed by atoms with van der Waals surface area (Å²) in [7, 11) is 0. The van der Waals surface area contributed by atoms with Crippen LogP contribution in [0.5, 0.6) is 0 Å². The molecule has 0 aromatic heterocycles. The van der Waals surface area contributed by atoms with Gasteiger partial charge in [0.1, 0.15) is 11.3 Å². The van der Waals surface area contributed by atoms with Gasteiger partial charge in [-0.2, -0.15) is 0 Å². The summed E-state index contributed by atoms with van der Waals surface area (Å²) in [6.45, 7) is 8.15. The third kappa shape index (κ3) is 4.97. The molecule has 0 spiro atoms. The van der Waals surface area contributed by atoms with Gasteiger partial charge >= 0.3 is 12.1 Å². The van der Waals surface area contributed by atoms with E-state index >= 15 is 0 Å². The highest BCUT2D eigenvalue weighted by Gasteiger charge is 2.32. The number of nitrogens with two attached hydrogens (primary N) is 1. The molecule has 1 aliphatic heterocycles. The highest BCUT2D eigenvalue weighted by atomic mass is 16.6. The van der Waals surface area contributed by atoms with Crippen LogP contribution < -0.4 is 5.73 Å². The number of amides is 1. The molecule has 1 aliphatic carbocycles. The molecule has 7 nitrogen and oxygen atoms in total. The van der Waals surface area contributed by atoms with E-state index < -0.39 is 17.7 Å². The Bertz CT molecular complexity index is 571. The van der Waals surface area contributed by atoms with Crippen molar-refractivity contribution >= 4 is 17.8 Å². The second-order valence-electron chi connectivity index (χ2n) is 7.09. The van der Waals surface area contributed by atoms with E-state index in [-0.39, 0.29) is 24.9 Å². The van der Waals surface area contributed by atoms with Gasteiger partial charge in [-0.1, -0.05) is 0 Å². The largest absolute Gasteiger partial charge is 0.461 e. The van der Waals surface area contributed by atoms with E-state index in [9.17, 15) is 9.59 Å². The molecule has 0 aromatic rings. The maximum absolute atomic E-state index is 12.3. The summed E-state index contributed by atoms with van der Waals surface area (Å²) in [5.41, 5.74) is 6.96. The first-order chi connectivity index (χ1) is 11.2. The second-order valence-corrected chi connectivity index (χ2v) is 7.09. The summed E-state index contributed by atoms with van der Waals surface area (Å²) in [5.74, 6) is -0.478. The van der Waals surface area contributed by atoms with Crippen molar-refractivity contribution in [1.82, 2.24) is 4.90 Å². The minimum absolute atomic E-state index is 0.154. The summed E-state index contributed by atoms with van der Waals surface area (Å²) < 4.78 is 10.5. The van der Waals surface area contributed by atoms with Crippen LogP contribution in [-0.4, -0.2) is 54.0 Å². The maximum atomic E-state index is 12.3. The van der Waals surface area contributed by atoms with Gasteiger partial charge in [0, 0.05) is 24.2 Å². The highest BCUT2D eigenvalue weighted by molar-refractivity contribution is 6.43. The first-order valence-electron chi connectivity index (χ1n) is 8.42. The normalized spacial score (nSPS) is 19.3. The Morgan fingerprint density at radius 3 is 2.54 bits per heavy atom. The summed E-state index contributed by atoms with van der Waals surface area (Å²) in [6.07, 6.45) is 2.00. The van der Waals surface area contributed by atoms with Crippen LogP contribution in [-0.2, 0) is 14.3 Å². The summed E-state index contributed by atoms with van der Waals surface area (Å²) in [4.78, 5) is 30.6. The molecule has 2 aliphatic rings. The summed E-state index contributed by atoms with van der Waals surface area (Å²) in [5, 5.41) is 0. The number of nitrogens with zero attached hydrogens (tertiary/aromatic N) is 2. The quantitative estimate of drug-likeness (QED) is 0.625. The molecule has 7 heteroatoms. The Kier molecular flexibility index (Phi) is 5.51. The molecule has 1 fully saturated rings. The summed E-state index contributed by atoms with van der Waals surface area (Å²) >= 11 is 0. The monoisotopic (exact) mass is 337 g/mol. The molecular weight excluding hydrogens is 310 g/mol. The molecule has 2 N–H and O–H groups in total. The highest BCUT2D eigenvalue weighted by Crippen LogP contribution is 2.26. The van der Waals surface area contributed by atoms with Gasteiger partial charge in [-0.15, -0.1) is 0 Å². The molecule has 0 saturated heterocycles. The van der Waals surface area contributed by atoms with Crippen molar-refractivity contribution in [3.05, 3.63) is 11.3 Å². The van der Waals surface area contributed by atoms with Crippen molar-refractivity contribution in [2.75, 3.05) is 19.7 Å². The van der Waals surface area contributed by atoms with Crippen molar-refractivity contribution in [3.8, 4) is 0 Å². The first-order valence-corrected chi connectivity index (χ1v) is 8.42. The van der Waals surface area contributed by atoms with Crippen LogP contribution in [0.4, 0.5) is 4.79 Å². The standard InChI is InChI=1S/C17H27N3O4/c1-5-23-15(21)14(19-11-6-7-11)12-10-20(9-8-13(12)18)16(22)24-17(2,3)4/h11H,5-10,18H2,1-4H3. The third-order valence-electron chi connectivity index (χ3n) is 3.65. The number of rotatable bonds is 4. The minimum Gasteiger partial charge on any atom is -0.461 e. The van der Waals surface area contributed by atoms with E-state index in [0.717, 1.165) is 12.8 Å². The van der Waals surface area contributed by atoms with Crippen LogP contribution in [0.25, 0.3) is 0 Å². The summed E-state index contributed by atoms with van der Waals surface area (Å²) in [6, 6.07) is 0.154. The molecule has 24 heavy (non-hydrogen) atoms. The Balaban J connectivity index is 2.19. The molecule has 1 amide bonds. The number of carbonyl (C=O) groups excluding carboxylic acids is 2. The van der Waals surface area contributed by atoms with Crippen LogP contribution in [0.3, 0.4) is 0 Å². The van der Waals surface area contributed by atoms with Crippen LogP contribution in [0.2, 0.25) is 0 Å². The zero-order valence-corrected chi connectivity index (χ0v) is 14.9. The lowest BCUT2D eigenvalue weighted by Crippen LogP contribution is -2.44. The first kappa shape index (κ1) is 18.3. The van der Waals surface area contributed by atoms with Gasteiger partial charge in [0.15, 0.2) is 0 Å². The van der Waals surface area contributed by atoms with E-state index in [2.05, 4.69) is 4.99 Å². The molecule has 2 rings (SSSR count). The van der Waals surface area contributed by atoms with E-state index in [1.54, 1.807) is 11.8 Å². The van der Waals surface area contributed by atoms with Gasteiger partial charge in [-0.3, -0.25) is 4.99 Å². The fourth-order valence-electron chi connectivity index (χ4n) is 2.33. The lowest BCUT2D eigenvalue weighted by atomic mass is 10.0. The molecule has 0 atom stereocenters. The topological polar surface area (TPSA) is 94.2 Å². The number of aliphatic imine (C=N–C) groups is 1. The number of carbonyl (C=O) groups is 2. The van der Waals surface area contributed by atoms with Gasteiger partial charge in [-0.05, 0) is 40.5 Å². The fourth-order valence-corrected chi connectivity index (χ4v) is 2.33. The zero-order valence-electron chi connectivity index (χ0n) is 14.9. The minimum atomic E-state index is -0.573. The maximum Gasteiger partial charge on any atom is 0.410 e. The fraction of sp³-hybridized carbons (Fsp3) is 0.706. The van der Waals surface area contributed by atoms with Crippen LogP contribution >= 0.6 is 0 Å². The average molecular weight is 337 g/mol. The smallest absolute Gasteiger partial charge is 0.410 e. The number of esters is 1. The zero-order chi connectivity index (χ0) is 17.9. The Morgan fingerprint density at radius 2 is 2.00 bits per heavy atom. The Hall–Kier alpha value is -2.05.